The van der Waals surface area contributed by atoms with Gasteiger partial charge in [-0.2, -0.15) is 4.98 Å². The Bertz CT molecular complexity index is 1030. The lowest BCUT2D eigenvalue weighted by molar-refractivity contribution is -0.147. The maximum absolute atomic E-state index is 11.7. The molecule has 1 aliphatic rings. The quantitative estimate of drug-likeness (QED) is 0.565. The van der Waals surface area contributed by atoms with Crippen LogP contribution in [0.5, 0.6) is 5.88 Å². The first-order valence-electron chi connectivity index (χ1n) is 10.2. The van der Waals surface area contributed by atoms with Gasteiger partial charge in [0.05, 0.1) is 17.2 Å². The predicted octanol–water partition coefficient (Wildman–Crippen LogP) is 5.18. The summed E-state index contributed by atoms with van der Waals surface area (Å²) in [6, 6.07) is 19.2. The summed E-state index contributed by atoms with van der Waals surface area (Å²) in [7, 11) is 0. The van der Waals surface area contributed by atoms with Gasteiger partial charge in [0.2, 0.25) is 11.8 Å². The number of ether oxygens (including phenoxy) is 1. The van der Waals surface area contributed by atoms with Crippen molar-refractivity contribution in [2.75, 3.05) is 5.32 Å². The van der Waals surface area contributed by atoms with Gasteiger partial charge in [0.25, 0.3) is 0 Å². The number of benzene rings is 2. The molecule has 1 heterocycles. The molecular formula is C24H25N3O3. The Kier molecular flexibility index (Phi) is 5.40. The Balaban J connectivity index is 1.61. The van der Waals surface area contributed by atoms with E-state index in [9.17, 15) is 9.90 Å². The van der Waals surface area contributed by atoms with Gasteiger partial charge in [-0.15, -0.1) is 0 Å². The van der Waals surface area contributed by atoms with E-state index < -0.39 is 11.4 Å². The van der Waals surface area contributed by atoms with Crippen LogP contribution in [-0.4, -0.2) is 27.1 Å². The third-order valence-corrected chi connectivity index (χ3v) is 5.44. The summed E-state index contributed by atoms with van der Waals surface area (Å²) in [5.41, 5.74) is 2.63. The number of hydrogen-bond donors (Lipinski definition) is 2. The fourth-order valence-electron chi connectivity index (χ4n) is 3.70. The number of nitrogens with zero attached hydrogens (tertiary/aromatic N) is 2. The molecule has 0 amide bonds. The van der Waals surface area contributed by atoms with Crippen LogP contribution in [-0.2, 0) is 10.2 Å². The van der Waals surface area contributed by atoms with E-state index in [2.05, 4.69) is 15.3 Å². The zero-order valence-corrected chi connectivity index (χ0v) is 17.1. The Morgan fingerprint density at radius 1 is 1.07 bits per heavy atom. The maximum atomic E-state index is 11.7. The molecule has 3 aromatic rings. The summed E-state index contributed by atoms with van der Waals surface area (Å²) in [4.78, 5) is 20.8. The van der Waals surface area contributed by atoms with Crippen molar-refractivity contribution in [2.45, 2.75) is 44.6 Å². The van der Waals surface area contributed by atoms with Crippen molar-refractivity contribution in [1.29, 1.82) is 0 Å². The fraction of sp³-hybridized carbons (Fsp3) is 0.292. The Morgan fingerprint density at radius 3 is 2.33 bits per heavy atom. The van der Waals surface area contributed by atoms with E-state index in [1.807, 2.05) is 74.5 Å². The van der Waals surface area contributed by atoms with E-state index in [4.69, 9.17) is 4.74 Å². The molecule has 0 aliphatic heterocycles. The second-order valence-electron chi connectivity index (χ2n) is 7.89. The first kappa shape index (κ1) is 19.9. The Hall–Kier alpha value is -3.41. The van der Waals surface area contributed by atoms with Crippen LogP contribution in [0, 0.1) is 0 Å². The molecule has 1 saturated carbocycles. The molecule has 0 atom stereocenters. The first-order valence-corrected chi connectivity index (χ1v) is 10.2. The molecule has 1 aromatic heterocycles. The average molecular weight is 403 g/mol. The minimum atomic E-state index is -0.746. The van der Waals surface area contributed by atoms with E-state index in [0.717, 1.165) is 28.9 Å². The lowest BCUT2D eigenvalue weighted by atomic mass is 9.64. The summed E-state index contributed by atoms with van der Waals surface area (Å²) >= 11 is 0. The van der Waals surface area contributed by atoms with Crippen LogP contribution in [0.15, 0.2) is 60.7 Å². The van der Waals surface area contributed by atoms with Crippen molar-refractivity contribution >= 4 is 17.6 Å². The number of carbonyl (C=O) groups is 1. The second-order valence-corrected chi connectivity index (χ2v) is 7.89. The van der Waals surface area contributed by atoms with Crippen LogP contribution in [0.25, 0.3) is 11.3 Å². The largest absolute Gasteiger partial charge is 0.481 e. The molecule has 4 rings (SSSR count). The lowest BCUT2D eigenvalue weighted by Crippen LogP contribution is -2.42. The Morgan fingerprint density at radius 2 is 1.77 bits per heavy atom. The number of aromatic nitrogens is 2. The van der Waals surface area contributed by atoms with Gasteiger partial charge in [-0.3, -0.25) is 4.79 Å². The molecule has 1 fully saturated rings. The molecule has 30 heavy (non-hydrogen) atoms. The summed E-state index contributed by atoms with van der Waals surface area (Å²) in [6.07, 6.45) is 2.32. The van der Waals surface area contributed by atoms with Crippen molar-refractivity contribution < 1.29 is 14.6 Å². The first-order chi connectivity index (χ1) is 14.5. The number of carboxylic acid groups (broad SMARTS) is 1. The molecule has 0 radical (unpaired) electrons. The molecule has 0 saturated heterocycles. The number of aliphatic carboxylic acids is 1. The summed E-state index contributed by atoms with van der Waals surface area (Å²) in [5, 5.41) is 12.9. The van der Waals surface area contributed by atoms with Crippen LogP contribution in [0.2, 0.25) is 0 Å². The normalized spacial score (nSPS) is 14.8. The van der Waals surface area contributed by atoms with Gasteiger partial charge in [-0.25, -0.2) is 4.98 Å². The molecule has 2 N–H and O–H groups in total. The van der Waals surface area contributed by atoms with Crippen LogP contribution in [0.4, 0.5) is 11.6 Å². The highest BCUT2D eigenvalue weighted by molar-refractivity contribution is 5.82. The number of rotatable bonds is 7. The zero-order chi connectivity index (χ0) is 21.1. The smallest absolute Gasteiger partial charge is 0.314 e. The second kappa shape index (κ2) is 8.14. The molecular weight excluding hydrogens is 378 g/mol. The van der Waals surface area contributed by atoms with Crippen molar-refractivity contribution in [3.63, 3.8) is 0 Å². The van der Waals surface area contributed by atoms with Gasteiger partial charge in [-0.05, 0) is 44.4 Å². The van der Waals surface area contributed by atoms with Crippen LogP contribution >= 0.6 is 0 Å². The molecule has 0 spiro atoms. The number of nitrogens with one attached hydrogen (secondary N) is 1. The SMILES string of the molecule is CC(C)Oc1cc(-c2ccccc2)nc(Nc2ccc(C3(C(=O)O)CCC3)cc2)n1. The highest BCUT2D eigenvalue weighted by atomic mass is 16.5. The highest BCUT2D eigenvalue weighted by Gasteiger charge is 2.45. The van der Waals surface area contributed by atoms with E-state index in [-0.39, 0.29) is 6.10 Å². The predicted molar refractivity (Wildman–Crippen MR) is 116 cm³/mol. The minimum absolute atomic E-state index is 0.00894. The van der Waals surface area contributed by atoms with E-state index in [1.54, 1.807) is 0 Å². The standard InChI is InChI=1S/C24H25N3O3/c1-16(2)30-21-15-20(17-7-4-3-5-8-17)26-23(27-21)25-19-11-9-18(10-12-19)24(22(28)29)13-6-14-24/h3-5,7-12,15-16H,6,13-14H2,1-2H3,(H,28,29)(H,25,26,27). The van der Waals surface area contributed by atoms with E-state index in [1.165, 1.54) is 0 Å². The Labute approximate surface area is 176 Å². The third-order valence-electron chi connectivity index (χ3n) is 5.44. The molecule has 154 valence electrons. The van der Waals surface area contributed by atoms with Gasteiger partial charge in [-0.1, -0.05) is 48.9 Å². The number of anilines is 2. The lowest BCUT2D eigenvalue weighted by Gasteiger charge is -2.38. The molecule has 6 nitrogen and oxygen atoms in total. The van der Waals surface area contributed by atoms with Gasteiger partial charge in [0.15, 0.2) is 0 Å². The van der Waals surface area contributed by atoms with Crippen LogP contribution in [0.3, 0.4) is 0 Å². The molecule has 6 heteroatoms. The molecule has 2 aromatic carbocycles. The summed E-state index contributed by atoms with van der Waals surface area (Å²) in [5.74, 6) is 0.178. The monoisotopic (exact) mass is 403 g/mol. The molecule has 1 aliphatic carbocycles. The topological polar surface area (TPSA) is 84.3 Å². The third kappa shape index (κ3) is 3.99. The fourth-order valence-corrected chi connectivity index (χ4v) is 3.70. The minimum Gasteiger partial charge on any atom is -0.481 e. The average Bonchev–Trinajstić information content (AvgIpc) is 2.68. The van der Waals surface area contributed by atoms with Gasteiger partial charge in [0, 0.05) is 17.3 Å². The van der Waals surface area contributed by atoms with Crippen molar-refractivity contribution in [3.8, 4) is 17.1 Å². The van der Waals surface area contributed by atoms with Gasteiger partial charge in [0.1, 0.15) is 0 Å². The van der Waals surface area contributed by atoms with E-state index >= 15 is 0 Å². The van der Waals surface area contributed by atoms with Crippen molar-refractivity contribution in [3.05, 3.63) is 66.2 Å². The van der Waals surface area contributed by atoms with Gasteiger partial charge < -0.3 is 15.2 Å². The molecule has 0 unspecified atom stereocenters. The molecule has 0 bridgehead atoms. The summed E-state index contributed by atoms with van der Waals surface area (Å²) < 4.78 is 5.81. The van der Waals surface area contributed by atoms with Gasteiger partial charge >= 0.3 is 5.97 Å². The highest BCUT2D eigenvalue weighted by Crippen LogP contribution is 2.44. The van der Waals surface area contributed by atoms with Crippen molar-refractivity contribution in [2.24, 2.45) is 0 Å². The van der Waals surface area contributed by atoms with Crippen molar-refractivity contribution in [1.82, 2.24) is 9.97 Å². The summed E-state index contributed by atoms with van der Waals surface area (Å²) in [6.45, 7) is 3.91. The van der Waals surface area contributed by atoms with Crippen LogP contribution in [0.1, 0.15) is 38.7 Å². The maximum Gasteiger partial charge on any atom is 0.314 e. The van der Waals surface area contributed by atoms with E-state index in [0.29, 0.717) is 24.7 Å². The zero-order valence-electron chi connectivity index (χ0n) is 17.1. The number of carboxylic acids is 1. The number of hydrogen-bond acceptors (Lipinski definition) is 5. The van der Waals surface area contributed by atoms with Crippen LogP contribution < -0.4 is 10.1 Å².